The van der Waals surface area contributed by atoms with Gasteiger partial charge >= 0.3 is 36.3 Å². The van der Waals surface area contributed by atoms with Crippen molar-refractivity contribution < 1.29 is 67.1 Å². The predicted octanol–water partition coefficient (Wildman–Crippen LogP) is 11.0. The number of rotatable bonds is 22. The van der Waals surface area contributed by atoms with Crippen molar-refractivity contribution in [2.45, 2.75) is 237 Å². The number of hydrogen-bond donors (Lipinski definition) is 4. The Morgan fingerprint density at radius 1 is 0.509 bits per heavy atom. The smallest absolute Gasteiger partial charge is 0.409 e. The Bertz CT molecular complexity index is 3280. The second-order valence-electron chi connectivity index (χ2n) is 33.4. The summed E-state index contributed by atoms with van der Waals surface area (Å²) in [4.78, 5) is 113. The molecule has 2 aromatic rings. The number of amides is 6. The third kappa shape index (κ3) is 24.0. The van der Waals surface area contributed by atoms with Gasteiger partial charge in [0.05, 0.1) is 23.7 Å². The normalized spacial score (nSPS) is 28.5. The molecule has 616 valence electrons. The van der Waals surface area contributed by atoms with Crippen LogP contribution in [0.2, 0.25) is 0 Å². The Kier molecular flexibility index (Phi) is 32.5. The van der Waals surface area contributed by atoms with E-state index in [0.29, 0.717) is 104 Å². The minimum Gasteiger partial charge on any atom is -0.481 e. The average molecular weight is 1580 g/mol. The lowest BCUT2D eigenvalue weighted by molar-refractivity contribution is -0.145. The van der Waals surface area contributed by atoms with Gasteiger partial charge in [-0.25, -0.2) is 19.2 Å². The molecule has 27 heteroatoms. The molecular formula is C83H133ClN11O14P. The summed E-state index contributed by atoms with van der Waals surface area (Å²) < 4.78 is 43.7. The quantitative estimate of drug-likeness (QED) is 0.0484. The third-order valence-electron chi connectivity index (χ3n) is 26.4. The van der Waals surface area contributed by atoms with E-state index in [2.05, 4.69) is 35.1 Å². The number of benzene rings is 2. The first-order valence-corrected chi connectivity index (χ1v) is 41.7. The highest BCUT2D eigenvalue weighted by Gasteiger charge is 2.55. The molecule has 6 amide bonds. The second-order valence-corrected chi connectivity index (χ2v) is 33.4. The zero-order valence-electron chi connectivity index (χ0n) is 69.2. The van der Waals surface area contributed by atoms with Crippen LogP contribution in [0.5, 0.6) is 0 Å². The number of likely N-dealkylation sites (tertiary alicyclic amines) is 8. The van der Waals surface area contributed by atoms with Crippen molar-refractivity contribution >= 4 is 70.3 Å². The van der Waals surface area contributed by atoms with Crippen LogP contribution < -0.4 is 16.4 Å². The van der Waals surface area contributed by atoms with Crippen LogP contribution in [0.1, 0.15) is 199 Å². The number of piperidine rings is 3. The highest BCUT2D eigenvalue weighted by atomic mass is 35.5. The molecule has 14 rings (SSSR count). The fourth-order valence-corrected chi connectivity index (χ4v) is 20.5. The summed E-state index contributed by atoms with van der Waals surface area (Å²) >= 11 is 0. The van der Waals surface area contributed by atoms with Crippen LogP contribution in [0.3, 0.4) is 0 Å². The van der Waals surface area contributed by atoms with Gasteiger partial charge in [0.1, 0.15) is 13.2 Å². The molecule has 9 aliphatic heterocycles. The molecule has 9 heterocycles. The van der Waals surface area contributed by atoms with E-state index in [0.717, 1.165) is 159 Å². The van der Waals surface area contributed by atoms with Gasteiger partial charge in [-0.3, -0.25) is 19.2 Å². The number of nitrogens with zero attached hydrogens (tertiary/aromatic N) is 8. The highest BCUT2D eigenvalue weighted by molar-refractivity contribution is 6.92. The van der Waals surface area contributed by atoms with Crippen LogP contribution >= 0.6 is 22.1 Å². The van der Waals surface area contributed by atoms with E-state index < -0.39 is 21.8 Å². The van der Waals surface area contributed by atoms with Crippen molar-refractivity contribution in [1.82, 2.24) is 49.8 Å². The number of aliphatic carboxylic acids is 1. The monoisotopic (exact) mass is 1580 g/mol. The van der Waals surface area contributed by atoms with Gasteiger partial charge in [-0.05, 0) is 253 Å². The van der Waals surface area contributed by atoms with Crippen LogP contribution in [-0.4, -0.2) is 264 Å². The predicted molar refractivity (Wildman–Crippen MR) is 428 cm³/mol. The maximum atomic E-state index is 13.0. The van der Waals surface area contributed by atoms with Gasteiger partial charge in [0, 0.05) is 127 Å². The molecule has 0 radical (unpaired) electrons. The van der Waals surface area contributed by atoms with Gasteiger partial charge in [-0.1, -0.05) is 60.7 Å². The number of esters is 1. The molecular weight excluding hydrogens is 1440 g/mol. The maximum absolute atomic E-state index is 13.0. The number of halogens is 1. The van der Waals surface area contributed by atoms with Crippen molar-refractivity contribution in [3.8, 4) is 0 Å². The van der Waals surface area contributed by atoms with Crippen LogP contribution in [0.4, 0.5) is 19.2 Å². The second kappa shape index (κ2) is 42.9. The van der Waals surface area contributed by atoms with Crippen LogP contribution in [-0.2, 0) is 56.1 Å². The Balaban J connectivity index is 0.000000176. The third-order valence-corrected chi connectivity index (χ3v) is 26.4. The summed E-state index contributed by atoms with van der Waals surface area (Å²) in [5, 5.41) is 14.8. The van der Waals surface area contributed by atoms with Crippen molar-refractivity contribution in [1.29, 1.82) is 3.84 Å². The van der Waals surface area contributed by atoms with Gasteiger partial charge in [0.15, 0.2) is 0 Å². The molecule has 3 atom stereocenters. The summed E-state index contributed by atoms with van der Waals surface area (Å²) in [6.45, 7) is 23.4. The topological polar surface area (TPSA) is 279 Å². The lowest BCUT2D eigenvalue weighted by Gasteiger charge is -2.52. The number of carbonyl (C=O) groups excluding carboxylic acids is 7. The first-order valence-electron chi connectivity index (χ1n) is 43.1. The number of carbonyl (C=O) groups is 8. The first-order chi connectivity index (χ1) is 54.1. The fourth-order valence-electron chi connectivity index (χ4n) is 20.5. The van der Waals surface area contributed by atoms with E-state index in [9.17, 15) is 38.4 Å². The SMILES string of the molecule is CCOC(=O)N1CCC2(CC(N3CCC([C@@H]4CCCN4)CC3)C2)C1.CCOC(=O)N1CCC2(CC(N3CCC([C@@H]4CCCN4C(=O)CCN)CC3)C2)C1.CCOC(=O)N1CCC2(CC(N3CCC([C@@H]4CCCN4C(=O)CCNC(=O)OCc4ccccc4)CC3)C2)C1.Cl.O=C(O)CCCC(=O)OCc1ccccc1.[3H]P([3H])[3H]. The van der Waals surface area contributed by atoms with E-state index in [4.69, 9.17) is 38.4 Å². The zero-order chi connectivity index (χ0) is 79.6. The van der Waals surface area contributed by atoms with E-state index in [1.807, 2.05) is 96.1 Å². The van der Waals surface area contributed by atoms with Gasteiger partial charge in [0.25, 0.3) is 0 Å². The molecule has 12 aliphatic rings. The van der Waals surface area contributed by atoms with Crippen molar-refractivity contribution in [3.63, 3.8) is 0 Å². The number of nitrogens with two attached hydrogens (primary N) is 1. The molecule has 5 N–H and O–H groups in total. The molecule has 3 saturated carbocycles. The number of carboxylic acid groups (broad SMARTS) is 1. The first kappa shape index (κ1) is 83.4. The van der Waals surface area contributed by atoms with Gasteiger partial charge in [0.2, 0.25) is 11.8 Å². The summed E-state index contributed by atoms with van der Waals surface area (Å²) in [6, 6.07) is 22.6. The van der Waals surface area contributed by atoms with E-state index >= 15 is 0 Å². The minimum absolute atomic E-state index is 0. The number of nitrogens with one attached hydrogen (secondary N) is 2. The van der Waals surface area contributed by atoms with Crippen molar-refractivity contribution in [2.24, 2.45) is 39.7 Å². The average Bonchev–Trinajstić information content (AvgIpc) is 1.69. The number of alkyl carbamates (subject to hydrolysis) is 1. The summed E-state index contributed by atoms with van der Waals surface area (Å²) in [6.07, 6.45) is 25.8. The van der Waals surface area contributed by atoms with E-state index in [1.54, 1.807) is 0 Å². The zero-order valence-corrected chi connectivity index (χ0v) is 67.9. The highest BCUT2D eigenvalue weighted by Crippen LogP contribution is 2.54. The standard InChI is InChI=1S/C30H44N4O5.C22H38N4O3.C19H33N3O2.C12H14O4.ClH.H3P/c1-2-38-29(37)33-18-13-30(22-33)19-25(20-30)32-16-11-24(12-17-32)26-9-6-15-34(26)27(35)10-14-31-28(36)39-21-23-7-4-3-5-8-23;1-2-29-21(28)25-13-8-22(16-25)14-18(15-22)24-11-6-17(7-12-24)19-4-3-10-26(19)20(27)5-9-23;1-2-24-18(23)22-11-7-19(14-22)12-16(13-19)21-9-5-15(6-10-21)17-4-3-8-20-17;13-11(14)7-4-8-12(15)16-9-10-5-2-1-3-6-10;;/h3-5,7-8,24-26H,2,6,9-22H2,1H3,(H,31,36);17-19H,2-16,23H2,1H3;15-17,20H,2-14H2,1H3;1-3,5-6H,4,7-9H2,(H,13,14);1H;1H3/t25?,26-,30?;18?,19-,22?;16?,17-,19?;;;/m000.../s1/i;;;;;1T3. The Hall–Kier alpha value is -6.08. The molecule has 0 bridgehead atoms. The lowest BCUT2D eigenvalue weighted by Crippen LogP contribution is -2.55. The Morgan fingerprint density at radius 3 is 1.29 bits per heavy atom. The molecule has 12 fully saturated rings. The largest absolute Gasteiger partial charge is 0.481 e. The van der Waals surface area contributed by atoms with Crippen LogP contribution in [0.25, 0.3) is 0 Å². The summed E-state index contributed by atoms with van der Waals surface area (Å²) in [7, 11) is -1.87. The lowest BCUT2D eigenvalue weighted by atomic mass is 9.64. The van der Waals surface area contributed by atoms with E-state index in [1.165, 1.54) is 103 Å². The number of carboxylic acids is 1. The van der Waals surface area contributed by atoms with Gasteiger partial charge in [-0.15, -0.1) is 12.4 Å². The molecule has 3 spiro atoms. The molecule has 3 aliphatic carbocycles. The number of ether oxygens (including phenoxy) is 5. The molecule has 9 saturated heterocycles. The van der Waals surface area contributed by atoms with Crippen LogP contribution in [0, 0.1) is 34.0 Å². The minimum atomic E-state index is -1.87. The Labute approximate surface area is 667 Å². The number of hydrogen-bond acceptors (Lipinski definition) is 18. The summed E-state index contributed by atoms with van der Waals surface area (Å²) in [5.74, 6) is 1.25. The Morgan fingerprint density at radius 2 is 0.909 bits per heavy atom. The fraction of sp³-hybridized carbons (Fsp3) is 0.759. The van der Waals surface area contributed by atoms with E-state index in [-0.39, 0.29) is 74.5 Å². The molecule has 110 heavy (non-hydrogen) atoms. The summed E-state index contributed by atoms with van der Waals surface area (Å²) in [5.41, 5.74) is 8.50. The maximum Gasteiger partial charge on any atom is 0.409 e. The molecule has 0 unspecified atom stereocenters. The van der Waals surface area contributed by atoms with Crippen molar-refractivity contribution in [2.75, 3.05) is 131 Å². The molecule has 2 aromatic carbocycles. The van der Waals surface area contributed by atoms with Gasteiger partial charge in [-0.2, -0.15) is 9.73 Å². The molecule has 25 nitrogen and oxygen atoms in total. The van der Waals surface area contributed by atoms with Crippen LogP contribution in [0.15, 0.2) is 60.7 Å². The molecule has 0 aromatic heterocycles. The van der Waals surface area contributed by atoms with Gasteiger partial charge < -0.3 is 84.4 Å². The van der Waals surface area contributed by atoms with Crippen molar-refractivity contribution in [3.05, 3.63) is 71.8 Å².